The van der Waals surface area contributed by atoms with E-state index in [2.05, 4.69) is 0 Å². The van der Waals surface area contributed by atoms with E-state index >= 15 is 0 Å². The molecule has 1 saturated heterocycles. The van der Waals surface area contributed by atoms with Crippen LogP contribution in [-0.4, -0.2) is 89.6 Å². The summed E-state index contributed by atoms with van der Waals surface area (Å²) in [5.41, 5.74) is 1.28. The Morgan fingerprint density at radius 1 is 1.00 bits per heavy atom. The second-order valence-corrected chi connectivity index (χ2v) is 8.00. The summed E-state index contributed by atoms with van der Waals surface area (Å²) in [7, 11) is 2.83. The minimum Gasteiger partial charge on any atom is -0.504 e. The summed E-state index contributed by atoms with van der Waals surface area (Å²) in [5, 5.41) is 50.2. The number of aliphatic hydroxyl groups is 3. The van der Waals surface area contributed by atoms with Crippen LogP contribution in [0.2, 0.25) is 0 Å². The maximum Gasteiger partial charge on any atom is 0.331 e. The van der Waals surface area contributed by atoms with Gasteiger partial charge in [0.25, 0.3) is 0 Å². The van der Waals surface area contributed by atoms with Crippen molar-refractivity contribution in [2.45, 2.75) is 37.1 Å². The Labute approximate surface area is 207 Å². The average Bonchev–Trinajstić information content (AvgIpc) is 2.87. The van der Waals surface area contributed by atoms with E-state index in [9.17, 15) is 30.3 Å². The fourth-order valence-corrected chi connectivity index (χ4v) is 3.66. The van der Waals surface area contributed by atoms with Crippen molar-refractivity contribution in [1.82, 2.24) is 0 Å². The molecule has 36 heavy (non-hydrogen) atoms. The van der Waals surface area contributed by atoms with Crippen LogP contribution in [0.1, 0.15) is 11.1 Å². The maximum absolute atomic E-state index is 12.3. The summed E-state index contributed by atoms with van der Waals surface area (Å²) < 4.78 is 26.3. The van der Waals surface area contributed by atoms with Crippen molar-refractivity contribution in [3.05, 3.63) is 53.6 Å². The minimum atomic E-state index is -1.59. The molecule has 0 radical (unpaired) electrons. The number of carbonyl (C=O) groups is 1. The third-order valence-corrected chi connectivity index (χ3v) is 5.60. The van der Waals surface area contributed by atoms with Gasteiger partial charge in [0.2, 0.25) is 0 Å². The smallest absolute Gasteiger partial charge is 0.331 e. The van der Waals surface area contributed by atoms with E-state index < -0.39 is 43.3 Å². The molecule has 0 spiro atoms. The molecule has 1 fully saturated rings. The topological polar surface area (TPSA) is 164 Å². The van der Waals surface area contributed by atoms with Crippen LogP contribution in [0.25, 0.3) is 6.08 Å². The van der Waals surface area contributed by atoms with Crippen LogP contribution in [0.4, 0.5) is 0 Å². The second-order valence-electron chi connectivity index (χ2n) is 8.00. The molecule has 11 nitrogen and oxygen atoms in total. The molecule has 5 atom stereocenters. The first kappa shape index (κ1) is 27.2. The lowest BCUT2D eigenvalue weighted by molar-refractivity contribution is -0.302. The summed E-state index contributed by atoms with van der Waals surface area (Å²) in [6.45, 7) is -0.533. The average molecular weight is 507 g/mol. The molecule has 2 aromatic rings. The largest absolute Gasteiger partial charge is 0.504 e. The van der Waals surface area contributed by atoms with Gasteiger partial charge < -0.3 is 49.2 Å². The van der Waals surface area contributed by atoms with Gasteiger partial charge in [-0.25, -0.2) is 4.79 Å². The Morgan fingerprint density at radius 3 is 2.42 bits per heavy atom. The molecule has 0 aliphatic carbocycles. The quantitative estimate of drug-likeness (QED) is 0.228. The highest BCUT2D eigenvalue weighted by Crippen LogP contribution is 2.28. The molecule has 3 rings (SSSR count). The van der Waals surface area contributed by atoms with Crippen LogP contribution in [-0.2, 0) is 25.4 Å². The number of rotatable bonds is 10. The highest BCUT2D eigenvalue weighted by atomic mass is 16.7. The molecule has 0 aromatic heterocycles. The van der Waals surface area contributed by atoms with E-state index in [4.69, 9.17) is 23.7 Å². The SMILES string of the molecule is COc1ccc(CCO[C@@H]2O[C@H](CO)[C@@H](OC(=O)C=Cc3ccc(O)c(OC)c3)[C@H](O)[C@H]2O)cc1O. The Morgan fingerprint density at radius 2 is 1.75 bits per heavy atom. The van der Waals surface area contributed by atoms with Gasteiger partial charge in [-0.3, -0.25) is 0 Å². The predicted molar refractivity (Wildman–Crippen MR) is 126 cm³/mol. The molecule has 0 amide bonds. The minimum absolute atomic E-state index is 0.0250. The van der Waals surface area contributed by atoms with Gasteiger partial charge >= 0.3 is 5.97 Å². The van der Waals surface area contributed by atoms with E-state index in [1.807, 2.05) is 0 Å². The number of benzene rings is 2. The summed E-state index contributed by atoms with van der Waals surface area (Å²) in [5.74, 6) is -0.377. The number of hydrogen-bond acceptors (Lipinski definition) is 11. The maximum atomic E-state index is 12.3. The van der Waals surface area contributed by atoms with Crippen molar-refractivity contribution in [2.24, 2.45) is 0 Å². The van der Waals surface area contributed by atoms with Crippen LogP contribution >= 0.6 is 0 Å². The van der Waals surface area contributed by atoms with Gasteiger partial charge in [-0.15, -0.1) is 0 Å². The fraction of sp³-hybridized carbons (Fsp3) is 0.400. The van der Waals surface area contributed by atoms with Gasteiger partial charge in [0.1, 0.15) is 18.3 Å². The standard InChI is InChI=1S/C25H30O11/c1-32-18-7-4-15(11-17(18)28)9-10-34-25-23(31)22(30)24(20(13-26)35-25)36-21(29)8-5-14-3-6-16(27)19(12-14)33-2/h3-8,11-12,20,22-28,30-31H,9-10,13H2,1-2H3/t20-,22-,23-,24-,25-/m1/s1. The fourth-order valence-electron chi connectivity index (χ4n) is 3.66. The molecule has 0 unspecified atom stereocenters. The number of carbonyl (C=O) groups excluding carboxylic acids is 1. The van der Waals surface area contributed by atoms with E-state index in [1.165, 1.54) is 38.5 Å². The Bertz CT molecular complexity index is 1050. The summed E-state index contributed by atoms with van der Waals surface area (Å²) in [6, 6.07) is 9.32. The van der Waals surface area contributed by atoms with E-state index in [1.54, 1.807) is 18.2 Å². The molecular formula is C25H30O11. The molecule has 2 aromatic carbocycles. The first-order valence-electron chi connectivity index (χ1n) is 11.1. The Balaban J connectivity index is 1.56. The van der Waals surface area contributed by atoms with Crippen LogP contribution in [0.3, 0.4) is 0 Å². The number of aromatic hydroxyl groups is 2. The molecule has 11 heteroatoms. The zero-order chi connectivity index (χ0) is 26.2. The third kappa shape index (κ3) is 6.65. The molecule has 1 aliphatic heterocycles. The molecular weight excluding hydrogens is 476 g/mol. The van der Waals surface area contributed by atoms with Gasteiger partial charge in [-0.05, 0) is 47.9 Å². The van der Waals surface area contributed by atoms with Crippen molar-refractivity contribution >= 4 is 12.0 Å². The first-order chi connectivity index (χ1) is 17.3. The highest BCUT2D eigenvalue weighted by Gasteiger charge is 2.46. The first-order valence-corrected chi connectivity index (χ1v) is 11.1. The number of phenols is 2. The van der Waals surface area contributed by atoms with Crippen molar-refractivity contribution in [3.63, 3.8) is 0 Å². The van der Waals surface area contributed by atoms with E-state index in [0.717, 1.165) is 11.6 Å². The van der Waals surface area contributed by atoms with E-state index in [-0.39, 0.29) is 23.9 Å². The number of aliphatic hydroxyl groups excluding tert-OH is 3. The zero-order valence-electron chi connectivity index (χ0n) is 19.8. The Hall–Kier alpha value is -3.35. The summed E-state index contributed by atoms with van der Waals surface area (Å²) in [4.78, 5) is 12.3. The van der Waals surface area contributed by atoms with Gasteiger partial charge in [-0.2, -0.15) is 0 Å². The highest BCUT2D eigenvalue weighted by molar-refractivity contribution is 5.87. The number of ether oxygens (including phenoxy) is 5. The molecule has 0 saturated carbocycles. The van der Waals surface area contributed by atoms with Gasteiger partial charge in [0, 0.05) is 6.08 Å². The van der Waals surface area contributed by atoms with Crippen molar-refractivity contribution in [1.29, 1.82) is 0 Å². The number of hydrogen-bond donors (Lipinski definition) is 5. The summed E-state index contributed by atoms with van der Waals surface area (Å²) in [6.07, 6.45) is -4.06. The van der Waals surface area contributed by atoms with Crippen LogP contribution in [0.15, 0.2) is 42.5 Å². The summed E-state index contributed by atoms with van der Waals surface area (Å²) >= 11 is 0. The van der Waals surface area contributed by atoms with Crippen molar-refractivity contribution in [3.8, 4) is 23.0 Å². The lowest BCUT2D eigenvalue weighted by Gasteiger charge is -2.41. The van der Waals surface area contributed by atoms with Crippen molar-refractivity contribution < 1.29 is 54.0 Å². The molecule has 1 aliphatic rings. The van der Waals surface area contributed by atoms with Gasteiger partial charge in [0.15, 0.2) is 35.4 Å². The number of esters is 1. The van der Waals surface area contributed by atoms with Crippen molar-refractivity contribution in [2.75, 3.05) is 27.4 Å². The zero-order valence-corrected chi connectivity index (χ0v) is 19.8. The van der Waals surface area contributed by atoms with E-state index in [0.29, 0.717) is 17.7 Å². The van der Waals surface area contributed by atoms with Gasteiger partial charge in [0.05, 0.1) is 27.4 Å². The molecule has 1 heterocycles. The number of phenolic OH excluding ortho intramolecular Hbond substituents is 2. The van der Waals surface area contributed by atoms with Crippen LogP contribution in [0, 0.1) is 0 Å². The Kier molecular flexibility index (Phi) is 9.51. The second kappa shape index (κ2) is 12.6. The molecule has 0 bridgehead atoms. The third-order valence-electron chi connectivity index (χ3n) is 5.60. The molecule has 5 N–H and O–H groups in total. The monoisotopic (exact) mass is 506 g/mol. The lowest BCUT2D eigenvalue weighted by atomic mass is 9.99. The lowest BCUT2D eigenvalue weighted by Crippen LogP contribution is -2.60. The predicted octanol–water partition coefficient (Wildman–Crippen LogP) is 0.738. The normalized spacial score (nSPS) is 24.0. The molecule has 196 valence electrons. The van der Waals surface area contributed by atoms with Gasteiger partial charge in [-0.1, -0.05) is 12.1 Å². The van der Waals surface area contributed by atoms with Crippen LogP contribution in [0.5, 0.6) is 23.0 Å². The van der Waals surface area contributed by atoms with Crippen LogP contribution < -0.4 is 9.47 Å². The number of methoxy groups -OCH3 is 2.